The lowest BCUT2D eigenvalue weighted by Crippen LogP contribution is -2.09. The highest BCUT2D eigenvalue weighted by Gasteiger charge is 2.44. The van der Waals surface area contributed by atoms with Crippen molar-refractivity contribution >= 4 is 5.97 Å². The molecule has 0 saturated heterocycles. The molecule has 3 nitrogen and oxygen atoms in total. The minimum atomic E-state index is -0.116. The number of carbonyl (C=O) groups excluding carboxylic acids is 1. The first-order valence-corrected chi connectivity index (χ1v) is 3.49. The molecule has 0 radical (unpaired) electrons. The molecule has 1 aliphatic rings. The van der Waals surface area contributed by atoms with E-state index < -0.39 is 0 Å². The highest BCUT2D eigenvalue weighted by atomic mass is 16.5. The second kappa shape index (κ2) is 3.01. The minimum absolute atomic E-state index is 0.0185. The SMILES string of the molecule is CCOC(=O)[C@@H]1C[C@@H]1OC. The van der Waals surface area contributed by atoms with Crippen LogP contribution in [-0.2, 0) is 14.3 Å². The van der Waals surface area contributed by atoms with Gasteiger partial charge in [-0.05, 0) is 13.3 Å². The summed E-state index contributed by atoms with van der Waals surface area (Å²) >= 11 is 0. The summed E-state index contributed by atoms with van der Waals surface area (Å²) in [6.07, 6.45) is 0.953. The first kappa shape index (κ1) is 7.54. The number of rotatable bonds is 3. The third-order valence-electron chi connectivity index (χ3n) is 1.62. The van der Waals surface area contributed by atoms with Crippen LogP contribution < -0.4 is 0 Å². The Labute approximate surface area is 60.3 Å². The van der Waals surface area contributed by atoms with Gasteiger partial charge in [-0.3, -0.25) is 4.79 Å². The average Bonchev–Trinajstić information content (AvgIpc) is 2.66. The second-order valence-electron chi connectivity index (χ2n) is 2.37. The Kier molecular flexibility index (Phi) is 2.27. The Morgan fingerprint density at radius 1 is 1.70 bits per heavy atom. The first-order chi connectivity index (χ1) is 4.79. The van der Waals surface area contributed by atoms with Crippen LogP contribution in [0.5, 0.6) is 0 Å². The number of carbonyl (C=O) groups is 1. The summed E-state index contributed by atoms with van der Waals surface area (Å²) in [5.74, 6) is -0.0979. The van der Waals surface area contributed by atoms with E-state index in [-0.39, 0.29) is 18.0 Å². The summed E-state index contributed by atoms with van der Waals surface area (Å²) in [7, 11) is 1.61. The molecule has 0 heterocycles. The van der Waals surface area contributed by atoms with Crippen LogP contribution in [0.25, 0.3) is 0 Å². The van der Waals surface area contributed by atoms with Gasteiger partial charge in [0.25, 0.3) is 0 Å². The minimum Gasteiger partial charge on any atom is -0.466 e. The Morgan fingerprint density at radius 3 is 2.80 bits per heavy atom. The number of ether oxygens (including phenoxy) is 2. The van der Waals surface area contributed by atoms with Crippen LogP contribution in [0, 0.1) is 5.92 Å². The summed E-state index contributed by atoms with van der Waals surface area (Å²) in [6, 6.07) is 0. The molecule has 0 aromatic rings. The molecule has 10 heavy (non-hydrogen) atoms. The van der Waals surface area contributed by atoms with Gasteiger partial charge in [-0.2, -0.15) is 0 Å². The number of methoxy groups -OCH3 is 1. The highest BCUT2D eigenvalue weighted by Crippen LogP contribution is 2.33. The van der Waals surface area contributed by atoms with Gasteiger partial charge in [0.1, 0.15) is 0 Å². The lowest BCUT2D eigenvalue weighted by atomic mass is 10.4. The normalized spacial score (nSPS) is 29.8. The molecule has 0 amide bonds. The maximum atomic E-state index is 10.9. The van der Waals surface area contributed by atoms with Crippen molar-refractivity contribution < 1.29 is 14.3 Å². The monoisotopic (exact) mass is 144 g/mol. The topological polar surface area (TPSA) is 35.5 Å². The summed E-state index contributed by atoms with van der Waals surface area (Å²) in [5.41, 5.74) is 0. The molecule has 1 fully saturated rings. The molecule has 1 saturated carbocycles. The molecule has 0 N–H and O–H groups in total. The van der Waals surface area contributed by atoms with Crippen LogP contribution in [0.1, 0.15) is 13.3 Å². The zero-order valence-corrected chi connectivity index (χ0v) is 6.29. The van der Waals surface area contributed by atoms with E-state index in [1.165, 1.54) is 0 Å². The van der Waals surface area contributed by atoms with E-state index in [1.807, 2.05) is 6.92 Å². The van der Waals surface area contributed by atoms with Gasteiger partial charge in [0.05, 0.1) is 18.6 Å². The summed E-state index contributed by atoms with van der Waals surface area (Å²) < 4.78 is 9.72. The molecule has 58 valence electrons. The molecule has 1 rings (SSSR count). The van der Waals surface area contributed by atoms with E-state index in [4.69, 9.17) is 9.47 Å². The quantitative estimate of drug-likeness (QED) is 0.544. The summed E-state index contributed by atoms with van der Waals surface area (Å²) in [5, 5.41) is 0. The molecule has 2 atom stereocenters. The van der Waals surface area contributed by atoms with Crippen LogP contribution in [-0.4, -0.2) is 25.8 Å². The highest BCUT2D eigenvalue weighted by molar-refractivity contribution is 5.76. The van der Waals surface area contributed by atoms with Gasteiger partial charge in [0, 0.05) is 7.11 Å². The van der Waals surface area contributed by atoms with Crippen molar-refractivity contribution in [3.63, 3.8) is 0 Å². The first-order valence-electron chi connectivity index (χ1n) is 3.49. The van der Waals surface area contributed by atoms with Gasteiger partial charge in [0.2, 0.25) is 0 Å². The van der Waals surface area contributed by atoms with Crippen LogP contribution in [0.4, 0.5) is 0 Å². The lowest BCUT2D eigenvalue weighted by Gasteiger charge is -1.98. The molecule has 0 aliphatic heterocycles. The van der Waals surface area contributed by atoms with Gasteiger partial charge < -0.3 is 9.47 Å². The number of hydrogen-bond donors (Lipinski definition) is 0. The predicted octanol–water partition coefficient (Wildman–Crippen LogP) is 0.584. The van der Waals surface area contributed by atoms with Crippen LogP contribution >= 0.6 is 0 Å². The third kappa shape index (κ3) is 1.48. The van der Waals surface area contributed by atoms with E-state index in [2.05, 4.69) is 0 Å². The average molecular weight is 144 g/mol. The Morgan fingerprint density at radius 2 is 2.40 bits per heavy atom. The fraction of sp³-hybridized carbons (Fsp3) is 0.857. The van der Waals surface area contributed by atoms with Crippen LogP contribution in [0.3, 0.4) is 0 Å². The predicted molar refractivity (Wildman–Crippen MR) is 35.5 cm³/mol. The van der Waals surface area contributed by atoms with Gasteiger partial charge >= 0.3 is 5.97 Å². The van der Waals surface area contributed by atoms with Gasteiger partial charge in [-0.15, -0.1) is 0 Å². The lowest BCUT2D eigenvalue weighted by molar-refractivity contribution is -0.145. The van der Waals surface area contributed by atoms with Crippen molar-refractivity contribution in [1.82, 2.24) is 0 Å². The van der Waals surface area contributed by atoms with Crippen molar-refractivity contribution in [2.24, 2.45) is 5.92 Å². The molecular weight excluding hydrogens is 132 g/mol. The van der Waals surface area contributed by atoms with Gasteiger partial charge in [-0.1, -0.05) is 0 Å². The molecular formula is C7H12O3. The van der Waals surface area contributed by atoms with Gasteiger partial charge in [0.15, 0.2) is 0 Å². The largest absolute Gasteiger partial charge is 0.466 e. The van der Waals surface area contributed by atoms with E-state index in [0.29, 0.717) is 6.61 Å². The second-order valence-corrected chi connectivity index (χ2v) is 2.37. The summed E-state index contributed by atoms with van der Waals surface area (Å²) in [6.45, 7) is 2.27. The Bertz CT molecular complexity index is 133. The van der Waals surface area contributed by atoms with E-state index >= 15 is 0 Å². The maximum absolute atomic E-state index is 10.9. The molecule has 3 heteroatoms. The van der Waals surface area contributed by atoms with E-state index in [1.54, 1.807) is 7.11 Å². The zero-order valence-electron chi connectivity index (χ0n) is 6.29. The van der Waals surface area contributed by atoms with Crippen molar-refractivity contribution in [2.45, 2.75) is 19.4 Å². The standard InChI is InChI=1S/C7H12O3/c1-3-10-7(8)5-4-6(5)9-2/h5-6H,3-4H2,1-2H3/t5-,6+/m1/s1. The fourth-order valence-corrected chi connectivity index (χ4v) is 0.930. The smallest absolute Gasteiger partial charge is 0.311 e. The van der Waals surface area contributed by atoms with Crippen LogP contribution in [0.15, 0.2) is 0 Å². The zero-order chi connectivity index (χ0) is 7.56. The molecule has 0 unspecified atom stereocenters. The summed E-state index contributed by atoms with van der Waals surface area (Å²) in [4.78, 5) is 10.9. The number of esters is 1. The van der Waals surface area contributed by atoms with Crippen molar-refractivity contribution in [1.29, 1.82) is 0 Å². The van der Waals surface area contributed by atoms with E-state index in [9.17, 15) is 4.79 Å². The number of hydrogen-bond acceptors (Lipinski definition) is 3. The molecule has 0 aromatic carbocycles. The molecule has 0 bridgehead atoms. The Hall–Kier alpha value is -0.570. The Balaban J connectivity index is 2.19. The van der Waals surface area contributed by atoms with E-state index in [0.717, 1.165) is 6.42 Å². The fourth-order valence-electron chi connectivity index (χ4n) is 0.930. The molecule has 1 aliphatic carbocycles. The maximum Gasteiger partial charge on any atom is 0.311 e. The van der Waals surface area contributed by atoms with Crippen molar-refractivity contribution in [3.05, 3.63) is 0 Å². The van der Waals surface area contributed by atoms with Gasteiger partial charge in [-0.25, -0.2) is 0 Å². The molecule has 0 aromatic heterocycles. The third-order valence-corrected chi connectivity index (χ3v) is 1.62. The van der Waals surface area contributed by atoms with Crippen LogP contribution in [0.2, 0.25) is 0 Å². The van der Waals surface area contributed by atoms with Crippen molar-refractivity contribution in [2.75, 3.05) is 13.7 Å². The van der Waals surface area contributed by atoms with Crippen molar-refractivity contribution in [3.8, 4) is 0 Å². The molecule has 0 spiro atoms.